The zero-order chi connectivity index (χ0) is 10.1. The fourth-order valence-corrected chi connectivity index (χ4v) is 0.958. The number of nitrogens with zero attached hydrogens (tertiary/aromatic N) is 1. The van der Waals surface area contributed by atoms with Crippen LogP contribution in [0.15, 0.2) is 60.7 Å². The van der Waals surface area contributed by atoms with Gasteiger partial charge in [-0.1, -0.05) is 60.7 Å². The summed E-state index contributed by atoms with van der Waals surface area (Å²) in [5.74, 6) is 0. The van der Waals surface area contributed by atoms with Crippen molar-refractivity contribution in [3.8, 4) is 6.07 Å². The van der Waals surface area contributed by atoms with E-state index in [9.17, 15) is 0 Å². The Morgan fingerprint density at radius 3 is 2.36 bits per heavy atom. The van der Waals surface area contributed by atoms with Crippen LogP contribution in [0.2, 0.25) is 0 Å². The first-order valence-corrected chi connectivity index (χ1v) is 4.38. The quantitative estimate of drug-likeness (QED) is 0.518. The fourth-order valence-electron chi connectivity index (χ4n) is 0.958. The highest BCUT2D eigenvalue weighted by atomic mass is 14.2. The fraction of sp³-hybridized carbons (Fsp3) is 0. The van der Waals surface area contributed by atoms with Crippen molar-refractivity contribution in [1.29, 1.82) is 5.26 Å². The summed E-state index contributed by atoms with van der Waals surface area (Å²) >= 11 is 0. The van der Waals surface area contributed by atoms with Crippen LogP contribution >= 0.6 is 0 Å². The minimum atomic E-state index is 1.17. The molecule has 1 aromatic carbocycles. The van der Waals surface area contributed by atoms with E-state index in [4.69, 9.17) is 5.26 Å². The molecular formula is C13H11N. The maximum Gasteiger partial charge on any atom is 0.0912 e. The second kappa shape index (κ2) is 6.45. The molecule has 1 rings (SSSR count). The van der Waals surface area contributed by atoms with E-state index in [1.165, 1.54) is 11.6 Å². The van der Waals surface area contributed by atoms with Gasteiger partial charge in [-0.15, -0.1) is 0 Å². The maximum atomic E-state index is 8.21. The Hall–Kier alpha value is -2.07. The van der Waals surface area contributed by atoms with E-state index in [1.807, 2.05) is 60.7 Å². The van der Waals surface area contributed by atoms with Gasteiger partial charge in [0.2, 0.25) is 0 Å². The van der Waals surface area contributed by atoms with Gasteiger partial charge in [-0.25, -0.2) is 0 Å². The summed E-state index contributed by atoms with van der Waals surface area (Å²) in [5.41, 5.74) is 1.17. The molecule has 0 atom stereocenters. The maximum absolute atomic E-state index is 8.21. The zero-order valence-electron chi connectivity index (χ0n) is 7.80. The van der Waals surface area contributed by atoms with Gasteiger partial charge < -0.3 is 0 Å². The third-order valence-electron chi connectivity index (χ3n) is 1.59. The van der Waals surface area contributed by atoms with Gasteiger partial charge >= 0.3 is 0 Å². The standard InChI is InChI=1S/C13H11N/c14-12-8-3-1-2-5-9-13-10-6-4-7-11-13/h1-11H/b2-1-,8-3-,9-5-. The number of allylic oxidation sites excluding steroid dienone is 5. The van der Waals surface area contributed by atoms with E-state index in [2.05, 4.69) is 0 Å². The molecule has 0 aliphatic carbocycles. The lowest BCUT2D eigenvalue weighted by molar-refractivity contribution is 1.53. The van der Waals surface area contributed by atoms with Crippen molar-refractivity contribution in [3.63, 3.8) is 0 Å². The Kier molecular flexibility index (Phi) is 4.61. The van der Waals surface area contributed by atoms with E-state index in [0.29, 0.717) is 0 Å². The SMILES string of the molecule is N#C\C=C/C=C\C=C/c1ccccc1. The van der Waals surface area contributed by atoms with Gasteiger partial charge in [0.25, 0.3) is 0 Å². The summed E-state index contributed by atoms with van der Waals surface area (Å²) in [6, 6.07) is 12.0. The highest BCUT2D eigenvalue weighted by molar-refractivity contribution is 5.50. The predicted molar refractivity (Wildman–Crippen MR) is 59.4 cm³/mol. The molecule has 0 aliphatic heterocycles. The molecule has 68 valence electrons. The summed E-state index contributed by atoms with van der Waals surface area (Å²) in [4.78, 5) is 0. The largest absolute Gasteiger partial charge is 0.193 e. The first-order valence-electron chi connectivity index (χ1n) is 4.38. The van der Waals surface area contributed by atoms with E-state index >= 15 is 0 Å². The zero-order valence-corrected chi connectivity index (χ0v) is 7.80. The topological polar surface area (TPSA) is 23.8 Å². The van der Waals surface area contributed by atoms with Crippen LogP contribution in [-0.2, 0) is 0 Å². The minimum absolute atomic E-state index is 1.17. The lowest BCUT2D eigenvalue weighted by atomic mass is 10.2. The molecular weight excluding hydrogens is 170 g/mol. The van der Waals surface area contributed by atoms with Gasteiger partial charge in [0.15, 0.2) is 0 Å². The van der Waals surface area contributed by atoms with Crippen molar-refractivity contribution < 1.29 is 0 Å². The average Bonchev–Trinajstić information content (AvgIpc) is 2.25. The monoisotopic (exact) mass is 181 g/mol. The summed E-state index contributed by atoms with van der Waals surface area (Å²) < 4.78 is 0. The van der Waals surface area contributed by atoms with Gasteiger partial charge in [-0.3, -0.25) is 0 Å². The lowest BCUT2D eigenvalue weighted by Gasteiger charge is -1.87. The van der Waals surface area contributed by atoms with Gasteiger partial charge in [0.05, 0.1) is 6.07 Å². The van der Waals surface area contributed by atoms with Crippen molar-refractivity contribution in [2.75, 3.05) is 0 Å². The molecule has 0 bridgehead atoms. The molecule has 0 aromatic heterocycles. The van der Waals surface area contributed by atoms with Crippen LogP contribution in [0.5, 0.6) is 0 Å². The second-order valence-corrected chi connectivity index (χ2v) is 2.64. The van der Waals surface area contributed by atoms with E-state index < -0.39 is 0 Å². The van der Waals surface area contributed by atoms with Crippen LogP contribution < -0.4 is 0 Å². The average molecular weight is 181 g/mol. The molecule has 0 saturated heterocycles. The molecule has 0 saturated carbocycles. The van der Waals surface area contributed by atoms with E-state index in [0.717, 1.165) is 0 Å². The molecule has 1 nitrogen and oxygen atoms in total. The Bertz CT molecular complexity index is 377. The molecule has 1 aromatic rings. The molecule has 0 N–H and O–H groups in total. The molecule has 0 aliphatic rings. The van der Waals surface area contributed by atoms with Crippen LogP contribution in [0.4, 0.5) is 0 Å². The predicted octanol–water partition coefficient (Wildman–Crippen LogP) is 3.34. The van der Waals surface area contributed by atoms with E-state index in [-0.39, 0.29) is 0 Å². The number of hydrogen-bond donors (Lipinski definition) is 0. The van der Waals surface area contributed by atoms with Crippen LogP contribution in [0.1, 0.15) is 5.56 Å². The van der Waals surface area contributed by atoms with Crippen molar-refractivity contribution in [3.05, 3.63) is 66.3 Å². The molecule has 0 unspecified atom stereocenters. The van der Waals surface area contributed by atoms with Crippen molar-refractivity contribution >= 4 is 6.08 Å². The molecule has 0 heterocycles. The molecule has 0 spiro atoms. The number of nitriles is 1. The number of rotatable bonds is 3. The number of benzene rings is 1. The molecule has 0 radical (unpaired) electrons. The Morgan fingerprint density at radius 1 is 0.929 bits per heavy atom. The van der Waals surface area contributed by atoms with Gasteiger partial charge in [-0.05, 0) is 5.56 Å². The van der Waals surface area contributed by atoms with Crippen molar-refractivity contribution in [2.45, 2.75) is 0 Å². The van der Waals surface area contributed by atoms with Crippen LogP contribution in [-0.4, -0.2) is 0 Å². The van der Waals surface area contributed by atoms with Crippen LogP contribution in [0.3, 0.4) is 0 Å². The summed E-state index contributed by atoms with van der Waals surface area (Å²) in [6.45, 7) is 0. The Balaban J connectivity index is 2.46. The Labute approximate surface area is 84.3 Å². The summed E-state index contributed by atoms with van der Waals surface area (Å²) in [5, 5.41) is 8.21. The third-order valence-corrected chi connectivity index (χ3v) is 1.59. The molecule has 0 fully saturated rings. The molecule has 14 heavy (non-hydrogen) atoms. The number of hydrogen-bond acceptors (Lipinski definition) is 1. The van der Waals surface area contributed by atoms with Crippen molar-refractivity contribution in [1.82, 2.24) is 0 Å². The summed E-state index contributed by atoms with van der Waals surface area (Å²) in [7, 11) is 0. The van der Waals surface area contributed by atoms with Crippen molar-refractivity contribution in [2.24, 2.45) is 0 Å². The smallest absolute Gasteiger partial charge is 0.0912 e. The summed E-state index contributed by atoms with van der Waals surface area (Å²) in [6.07, 6.45) is 10.8. The van der Waals surface area contributed by atoms with E-state index in [1.54, 1.807) is 6.08 Å². The molecule has 1 heteroatoms. The highest BCUT2D eigenvalue weighted by Gasteiger charge is 1.78. The Morgan fingerprint density at radius 2 is 1.64 bits per heavy atom. The lowest BCUT2D eigenvalue weighted by Crippen LogP contribution is -1.66. The van der Waals surface area contributed by atoms with Gasteiger partial charge in [0.1, 0.15) is 0 Å². The first kappa shape index (κ1) is 10.0. The van der Waals surface area contributed by atoms with Crippen LogP contribution in [0.25, 0.3) is 6.08 Å². The van der Waals surface area contributed by atoms with Crippen LogP contribution in [0, 0.1) is 11.3 Å². The van der Waals surface area contributed by atoms with Gasteiger partial charge in [0, 0.05) is 6.08 Å². The first-order chi connectivity index (χ1) is 6.93. The molecule has 0 amide bonds. The van der Waals surface area contributed by atoms with Gasteiger partial charge in [-0.2, -0.15) is 5.26 Å². The third kappa shape index (κ3) is 4.08. The second-order valence-electron chi connectivity index (χ2n) is 2.64. The minimum Gasteiger partial charge on any atom is -0.193 e. The normalized spacial score (nSPS) is 11.4. The highest BCUT2D eigenvalue weighted by Crippen LogP contribution is 2.00.